The molecule has 0 aliphatic heterocycles. The molecule has 0 amide bonds. The fraction of sp³-hybridized carbons (Fsp3) is 0.235. The maximum absolute atomic E-state index is 12.3. The normalized spacial score (nSPS) is 11.3. The van der Waals surface area contributed by atoms with Crippen LogP contribution in [0.3, 0.4) is 0 Å². The molecular weight excluding hydrogens is 368 g/mol. The first-order valence-electron chi connectivity index (χ1n) is 7.39. The molecule has 0 unspecified atom stereocenters. The number of phenols is 1. The van der Waals surface area contributed by atoms with Crippen LogP contribution in [0.5, 0.6) is 11.5 Å². The molecule has 0 aromatic heterocycles. The Labute approximate surface area is 150 Å². The SMILES string of the molecule is Cc1ccc(S(=O)(=O)CCCOc2ccc(C(=O)O)c(O)c2)cc1Cl. The highest BCUT2D eigenvalue weighted by Gasteiger charge is 2.15. The van der Waals surface area contributed by atoms with E-state index in [1.165, 1.54) is 30.3 Å². The van der Waals surface area contributed by atoms with Crippen molar-refractivity contribution in [2.24, 2.45) is 0 Å². The first-order chi connectivity index (χ1) is 11.7. The number of aromatic carboxylic acids is 1. The van der Waals surface area contributed by atoms with Crippen LogP contribution in [0.1, 0.15) is 22.3 Å². The summed E-state index contributed by atoms with van der Waals surface area (Å²) in [7, 11) is -3.47. The zero-order valence-electron chi connectivity index (χ0n) is 13.4. The molecule has 2 rings (SSSR count). The van der Waals surface area contributed by atoms with Crippen LogP contribution in [0.25, 0.3) is 0 Å². The van der Waals surface area contributed by atoms with Gasteiger partial charge in [0.25, 0.3) is 0 Å². The number of ether oxygens (including phenoxy) is 1. The number of benzene rings is 2. The fourth-order valence-electron chi connectivity index (χ4n) is 2.11. The average Bonchev–Trinajstić information content (AvgIpc) is 2.54. The van der Waals surface area contributed by atoms with Gasteiger partial charge in [-0.2, -0.15) is 0 Å². The van der Waals surface area contributed by atoms with E-state index in [0.29, 0.717) is 5.02 Å². The zero-order chi connectivity index (χ0) is 18.6. The summed E-state index contributed by atoms with van der Waals surface area (Å²) in [4.78, 5) is 11.0. The minimum absolute atomic E-state index is 0.102. The Kier molecular flexibility index (Phi) is 5.92. The summed E-state index contributed by atoms with van der Waals surface area (Å²) in [5.41, 5.74) is 0.569. The van der Waals surface area contributed by atoms with Gasteiger partial charge in [0.2, 0.25) is 0 Å². The smallest absolute Gasteiger partial charge is 0.339 e. The van der Waals surface area contributed by atoms with Crippen molar-refractivity contribution in [3.05, 3.63) is 52.5 Å². The highest BCUT2D eigenvalue weighted by Crippen LogP contribution is 2.24. The van der Waals surface area contributed by atoms with Gasteiger partial charge in [0.05, 0.1) is 17.3 Å². The number of hydrogen-bond acceptors (Lipinski definition) is 5. The third kappa shape index (κ3) is 4.87. The topological polar surface area (TPSA) is 101 Å². The molecule has 2 N–H and O–H groups in total. The van der Waals surface area contributed by atoms with Crippen LogP contribution in [0.4, 0.5) is 0 Å². The van der Waals surface area contributed by atoms with Crippen molar-refractivity contribution in [2.45, 2.75) is 18.2 Å². The highest BCUT2D eigenvalue weighted by molar-refractivity contribution is 7.91. The van der Waals surface area contributed by atoms with E-state index >= 15 is 0 Å². The van der Waals surface area contributed by atoms with E-state index in [0.717, 1.165) is 5.56 Å². The predicted molar refractivity (Wildman–Crippen MR) is 93.4 cm³/mol. The summed E-state index contributed by atoms with van der Waals surface area (Å²) < 4.78 is 29.9. The Morgan fingerprint density at radius 3 is 2.52 bits per heavy atom. The van der Waals surface area contributed by atoms with E-state index < -0.39 is 21.6 Å². The quantitative estimate of drug-likeness (QED) is 0.710. The third-order valence-corrected chi connectivity index (χ3v) is 5.73. The minimum Gasteiger partial charge on any atom is -0.507 e. The number of halogens is 1. The van der Waals surface area contributed by atoms with Crippen LogP contribution in [0, 0.1) is 6.92 Å². The molecule has 2 aromatic carbocycles. The summed E-state index contributed by atoms with van der Waals surface area (Å²) in [6.45, 7) is 1.89. The van der Waals surface area contributed by atoms with E-state index in [4.69, 9.17) is 21.4 Å². The summed E-state index contributed by atoms with van der Waals surface area (Å²) in [6.07, 6.45) is 0.231. The third-order valence-electron chi connectivity index (χ3n) is 3.53. The van der Waals surface area contributed by atoms with E-state index in [-0.39, 0.29) is 35.0 Å². The average molecular weight is 385 g/mol. The molecule has 2 aromatic rings. The van der Waals surface area contributed by atoms with Crippen LogP contribution >= 0.6 is 11.6 Å². The molecule has 0 atom stereocenters. The molecule has 0 radical (unpaired) electrons. The lowest BCUT2D eigenvalue weighted by atomic mass is 10.2. The van der Waals surface area contributed by atoms with Crippen LogP contribution in [-0.4, -0.2) is 37.0 Å². The molecule has 6 nitrogen and oxygen atoms in total. The molecule has 0 saturated heterocycles. The largest absolute Gasteiger partial charge is 0.507 e. The zero-order valence-corrected chi connectivity index (χ0v) is 15.0. The monoisotopic (exact) mass is 384 g/mol. The number of sulfone groups is 1. The number of aromatic hydroxyl groups is 1. The van der Waals surface area contributed by atoms with Gasteiger partial charge in [-0.15, -0.1) is 0 Å². The summed E-state index contributed by atoms with van der Waals surface area (Å²) in [5, 5.41) is 18.8. The van der Waals surface area contributed by atoms with Gasteiger partial charge in [0, 0.05) is 11.1 Å². The van der Waals surface area contributed by atoms with E-state index in [2.05, 4.69) is 0 Å². The number of aryl methyl sites for hydroxylation is 1. The second kappa shape index (κ2) is 7.76. The molecule has 25 heavy (non-hydrogen) atoms. The van der Waals surface area contributed by atoms with Gasteiger partial charge in [0.15, 0.2) is 9.84 Å². The van der Waals surface area contributed by atoms with Gasteiger partial charge < -0.3 is 14.9 Å². The lowest BCUT2D eigenvalue weighted by Crippen LogP contribution is -2.10. The van der Waals surface area contributed by atoms with Gasteiger partial charge in [-0.3, -0.25) is 0 Å². The van der Waals surface area contributed by atoms with Crippen LogP contribution in [0.15, 0.2) is 41.3 Å². The maximum Gasteiger partial charge on any atom is 0.339 e. The molecule has 0 saturated carbocycles. The van der Waals surface area contributed by atoms with Crippen LogP contribution in [0.2, 0.25) is 5.02 Å². The molecule has 134 valence electrons. The van der Waals surface area contributed by atoms with Crippen LogP contribution in [-0.2, 0) is 9.84 Å². The van der Waals surface area contributed by atoms with E-state index in [1.54, 1.807) is 13.0 Å². The Bertz CT molecular complexity index is 892. The molecule has 8 heteroatoms. The number of carbonyl (C=O) groups is 1. The van der Waals surface area contributed by atoms with Crippen molar-refractivity contribution < 1.29 is 28.2 Å². The Hall–Kier alpha value is -2.25. The first-order valence-corrected chi connectivity index (χ1v) is 9.42. The van der Waals surface area contributed by atoms with Crippen molar-refractivity contribution >= 4 is 27.4 Å². The number of hydrogen-bond donors (Lipinski definition) is 2. The molecule has 0 heterocycles. The highest BCUT2D eigenvalue weighted by atomic mass is 35.5. The van der Waals surface area contributed by atoms with Crippen molar-refractivity contribution in [1.82, 2.24) is 0 Å². The summed E-state index contributed by atoms with van der Waals surface area (Å²) >= 11 is 5.96. The molecule has 0 aliphatic rings. The molecule has 0 bridgehead atoms. The Morgan fingerprint density at radius 1 is 1.20 bits per heavy atom. The fourth-order valence-corrected chi connectivity index (χ4v) is 3.66. The van der Waals surface area contributed by atoms with E-state index in [9.17, 15) is 18.3 Å². The molecular formula is C17H17ClO6S. The number of carboxylic acid groups (broad SMARTS) is 1. The molecule has 0 fully saturated rings. The van der Waals surface area contributed by atoms with Gasteiger partial charge >= 0.3 is 5.97 Å². The van der Waals surface area contributed by atoms with E-state index in [1.807, 2.05) is 0 Å². The lowest BCUT2D eigenvalue weighted by Gasteiger charge is -2.09. The Balaban J connectivity index is 1.93. The predicted octanol–water partition coefficient (Wildman–Crippen LogP) is 3.30. The molecule has 0 aliphatic carbocycles. The van der Waals surface area contributed by atoms with Gasteiger partial charge in [-0.05, 0) is 43.2 Å². The minimum atomic E-state index is -3.47. The number of carboxylic acids is 1. The summed E-state index contributed by atoms with van der Waals surface area (Å²) in [6, 6.07) is 8.39. The van der Waals surface area contributed by atoms with Crippen molar-refractivity contribution in [2.75, 3.05) is 12.4 Å². The van der Waals surface area contributed by atoms with Gasteiger partial charge in [-0.1, -0.05) is 17.7 Å². The second-order valence-electron chi connectivity index (χ2n) is 5.42. The standard InChI is InChI=1S/C17H17ClO6S/c1-11-3-5-13(10-15(11)18)25(22,23)8-2-7-24-12-4-6-14(17(20)21)16(19)9-12/h3-6,9-10,19H,2,7-8H2,1H3,(H,20,21). The lowest BCUT2D eigenvalue weighted by molar-refractivity contribution is 0.0693. The maximum atomic E-state index is 12.3. The van der Waals surface area contributed by atoms with Crippen molar-refractivity contribution in [3.63, 3.8) is 0 Å². The van der Waals surface area contributed by atoms with Crippen molar-refractivity contribution in [3.8, 4) is 11.5 Å². The van der Waals surface area contributed by atoms with Gasteiger partial charge in [0.1, 0.15) is 17.1 Å². The number of rotatable bonds is 7. The van der Waals surface area contributed by atoms with Crippen molar-refractivity contribution in [1.29, 1.82) is 0 Å². The summed E-state index contributed by atoms with van der Waals surface area (Å²) in [5.74, 6) is -1.51. The van der Waals surface area contributed by atoms with Gasteiger partial charge in [-0.25, -0.2) is 13.2 Å². The van der Waals surface area contributed by atoms with Crippen LogP contribution < -0.4 is 4.74 Å². The molecule has 0 spiro atoms. The first kappa shape index (κ1) is 19.1. The Morgan fingerprint density at radius 2 is 1.92 bits per heavy atom. The second-order valence-corrected chi connectivity index (χ2v) is 7.93.